The molecule has 0 aliphatic carbocycles. The lowest BCUT2D eigenvalue weighted by molar-refractivity contribution is -0.116. The van der Waals surface area contributed by atoms with Crippen molar-refractivity contribution in [2.24, 2.45) is 0 Å². The number of carbonyl (C=O) groups excluding carboxylic acids is 1. The van der Waals surface area contributed by atoms with Gasteiger partial charge in [-0.2, -0.15) is 0 Å². The predicted octanol–water partition coefficient (Wildman–Crippen LogP) is 1.24. The van der Waals surface area contributed by atoms with Gasteiger partial charge in [-0.05, 0) is 18.6 Å². The third-order valence-corrected chi connectivity index (χ3v) is 2.83. The minimum atomic E-state index is -0.125. The molecule has 104 valence electrons. The van der Waals surface area contributed by atoms with Gasteiger partial charge in [0.25, 0.3) is 5.56 Å². The van der Waals surface area contributed by atoms with E-state index in [1.54, 1.807) is 24.3 Å². The normalized spacial score (nSPS) is 10.2. The molecule has 2 aromatic rings. The molecule has 20 heavy (non-hydrogen) atoms. The Kier molecular flexibility index (Phi) is 4.49. The zero-order chi connectivity index (χ0) is 14.4. The van der Waals surface area contributed by atoms with E-state index in [1.165, 1.54) is 23.2 Å². The summed E-state index contributed by atoms with van der Waals surface area (Å²) >= 11 is 0. The molecule has 0 atom stereocenters. The van der Waals surface area contributed by atoms with Crippen molar-refractivity contribution in [2.45, 2.75) is 19.4 Å². The molecule has 1 aromatic carbocycles. The van der Waals surface area contributed by atoms with Crippen LogP contribution in [-0.2, 0) is 11.3 Å². The van der Waals surface area contributed by atoms with E-state index >= 15 is 0 Å². The average molecular weight is 272 g/mol. The Morgan fingerprint density at radius 1 is 1.30 bits per heavy atom. The molecule has 3 N–H and O–H groups in total. The van der Waals surface area contributed by atoms with Crippen LogP contribution in [0.4, 0.5) is 11.4 Å². The van der Waals surface area contributed by atoms with Crippen LogP contribution in [0.2, 0.25) is 0 Å². The van der Waals surface area contributed by atoms with Gasteiger partial charge in [0.05, 0.1) is 17.7 Å². The van der Waals surface area contributed by atoms with Crippen molar-refractivity contribution in [2.75, 3.05) is 11.1 Å². The van der Waals surface area contributed by atoms with Crippen molar-refractivity contribution >= 4 is 17.3 Å². The minimum absolute atomic E-state index is 0.118. The van der Waals surface area contributed by atoms with Gasteiger partial charge in [-0.15, -0.1) is 0 Å². The Bertz CT molecular complexity index is 651. The molecule has 0 saturated carbocycles. The van der Waals surface area contributed by atoms with Gasteiger partial charge in [-0.25, -0.2) is 4.98 Å². The molecule has 0 fully saturated rings. The third kappa shape index (κ3) is 3.68. The van der Waals surface area contributed by atoms with Crippen molar-refractivity contribution in [3.8, 4) is 0 Å². The molecule has 0 radical (unpaired) electrons. The van der Waals surface area contributed by atoms with Crippen LogP contribution >= 0.6 is 0 Å². The Balaban J connectivity index is 1.83. The van der Waals surface area contributed by atoms with E-state index in [0.717, 1.165) is 0 Å². The molecule has 1 amide bonds. The fraction of sp³-hybridized carbons (Fsp3) is 0.214. The topological polar surface area (TPSA) is 90.0 Å². The number of amides is 1. The second-order valence-electron chi connectivity index (χ2n) is 4.35. The number of anilines is 2. The fourth-order valence-corrected chi connectivity index (χ4v) is 1.78. The number of hydrogen-bond acceptors (Lipinski definition) is 4. The minimum Gasteiger partial charge on any atom is -0.397 e. The summed E-state index contributed by atoms with van der Waals surface area (Å²) in [5, 5.41) is 2.74. The van der Waals surface area contributed by atoms with E-state index < -0.39 is 0 Å². The number of benzene rings is 1. The Morgan fingerprint density at radius 3 is 2.85 bits per heavy atom. The van der Waals surface area contributed by atoms with Crippen molar-refractivity contribution in [1.82, 2.24) is 9.55 Å². The van der Waals surface area contributed by atoms with Crippen molar-refractivity contribution < 1.29 is 4.79 Å². The highest BCUT2D eigenvalue weighted by Gasteiger charge is 2.05. The summed E-state index contributed by atoms with van der Waals surface area (Å²) in [7, 11) is 0. The van der Waals surface area contributed by atoms with Gasteiger partial charge in [0.1, 0.15) is 0 Å². The molecule has 6 heteroatoms. The molecular formula is C14H16N4O2. The zero-order valence-electron chi connectivity index (χ0n) is 11.0. The standard InChI is InChI=1S/C14H16N4O2/c15-11-4-1-2-5-12(11)17-13(19)6-3-9-18-10-16-8-7-14(18)20/h1-2,4-5,7-8,10H,3,6,9,15H2,(H,17,19). The number of carbonyl (C=O) groups is 1. The summed E-state index contributed by atoms with van der Waals surface area (Å²) in [6.45, 7) is 0.463. The molecular weight excluding hydrogens is 256 g/mol. The SMILES string of the molecule is Nc1ccccc1NC(=O)CCCn1cnccc1=O. The summed E-state index contributed by atoms with van der Waals surface area (Å²) in [6.07, 6.45) is 3.79. The summed E-state index contributed by atoms with van der Waals surface area (Å²) in [5.41, 5.74) is 6.76. The van der Waals surface area contributed by atoms with Crippen LogP contribution < -0.4 is 16.6 Å². The maximum Gasteiger partial charge on any atom is 0.253 e. The van der Waals surface area contributed by atoms with Crippen LogP contribution in [0.15, 0.2) is 47.7 Å². The first-order valence-electron chi connectivity index (χ1n) is 6.31. The summed E-state index contributed by atoms with van der Waals surface area (Å²) in [6, 6.07) is 8.48. The number of nitrogens with one attached hydrogen (secondary N) is 1. The van der Waals surface area contributed by atoms with Crippen molar-refractivity contribution in [3.05, 3.63) is 53.2 Å². The van der Waals surface area contributed by atoms with Crippen LogP contribution in [0, 0.1) is 0 Å². The van der Waals surface area contributed by atoms with Gasteiger partial charge in [-0.1, -0.05) is 12.1 Å². The molecule has 0 aliphatic heterocycles. The Labute approximate surface area is 116 Å². The second-order valence-corrected chi connectivity index (χ2v) is 4.35. The van der Waals surface area contributed by atoms with E-state index in [2.05, 4.69) is 10.3 Å². The summed E-state index contributed by atoms with van der Waals surface area (Å²) in [4.78, 5) is 27.1. The highest BCUT2D eigenvalue weighted by atomic mass is 16.1. The highest BCUT2D eigenvalue weighted by Crippen LogP contribution is 2.16. The monoisotopic (exact) mass is 272 g/mol. The third-order valence-electron chi connectivity index (χ3n) is 2.83. The maximum absolute atomic E-state index is 11.8. The molecule has 0 unspecified atom stereocenters. The molecule has 0 saturated heterocycles. The van der Waals surface area contributed by atoms with Gasteiger partial charge in [0.2, 0.25) is 5.91 Å². The van der Waals surface area contributed by atoms with Crippen LogP contribution in [-0.4, -0.2) is 15.5 Å². The molecule has 0 bridgehead atoms. The van der Waals surface area contributed by atoms with Gasteiger partial charge in [0, 0.05) is 25.2 Å². The highest BCUT2D eigenvalue weighted by molar-refractivity contribution is 5.93. The molecule has 1 heterocycles. The van der Waals surface area contributed by atoms with Gasteiger partial charge in [0.15, 0.2) is 0 Å². The van der Waals surface area contributed by atoms with Crippen LogP contribution in [0.25, 0.3) is 0 Å². The number of hydrogen-bond donors (Lipinski definition) is 2. The average Bonchev–Trinajstić information content (AvgIpc) is 2.43. The van der Waals surface area contributed by atoms with Crippen LogP contribution in [0.5, 0.6) is 0 Å². The van der Waals surface area contributed by atoms with E-state index in [1.807, 2.05) is 0 Å². The van der Waals surface area contributed by atoms with Gasteiger partial charge < -0.3 is 11.1 Å². The number of aromatic nitrogens is 2. The van der Waals surface area contributed by atoms with E-state index in [0.29, 0.717) is 30.8 Å². The predicted molar refractivity (Wildman–Crippen MR) is 77.2 cm³/mol. The lowest BCUT2D eigenvalue weighted by Crippen LogP contribution is -2.20. The first-order valence-corrected chi connectivity index (χ1v) is 6.31. The number of nitrogen functional groups attached to an aromatic ring is 1. The summed E-state index contributed by atoms with van der Waals surface area (Å²) in [5.74, 6) is -0.125. The molecule has 1 aromatic heterocycles. The first kappa shape index (κ1) is 13.8. The van der Waals surface area contributed by atoms with Crippen LogP contribution in [0.3, 0.4) is 0 Å². The van der Waals surface area contributed by atoms with Crippen molar-refractivity contribution in [1.29, 1.82) is 0 Å². The van der Waals surface area contributed by atoms with Gasteiger partial charge >= 0.3 is 0 Å². The summed E-state index contributed by atoms with van der Waals surface area (Å²) < 4.78 is 1.48. The second kappa shape index (κ2) is 6.51. The van der Waals surface area contributed by atoms with E-state index in [-0.39, 0.29) is 11.5 Å². The lowest BCUT2D eigenvalue weighted by Gasteiger charge is -2.08. The number of nitrogens with two attached hydrogens (primary N) is 1. The Morgan fingerprint density at radius 2 is 2.10 bits per heavy atom. The van der Waals surface area contributed by atoms with Crippen LogP contribution in [0.1, 0.15) is 12.8 Å². The van der Waals surface area contributed by atoms with E-state index in [9.17, 15) is 9.59 Å². The van der Waals surface area contributed by atoms with E-state index in [4.69, 9.17) is 5.73 Å². The fourth-order valence-electron chi connectivity index (χ4n) is 1.78. The lowest BCUT2D eigenvalue weighted by atomic mass is 10.2. The molecule has 0 aliphatic rings. The van der Waals surface area contributed by atoms with Crippen molar-refractivity contribution in [3.63, 3.8) is 0 Å². The smallest absolute Gasteiger partial charge is 0.253 e. The molecule has 6 nitrogen and oxygen atoms in total. The molecule has 0 spiro atoms. The van der Waals surface area contributed by atoms with Gasteiger partial charge in [-0.3, -0.25) is 14.2 Å². The number of para-hydroxylation sites is 2. The maximum atomic E-state index is 11.8. The number of aryl methyl sites for hydroxylation is 1. The molecule has 2 rings (SSSR count). The number of nitrogens with zero attached hydrogens (tertiary/aromatic N) is 2. The zero-order valence-corrected chi connectivity index (χ0v) is 11.0. The first-order chi connectivity index (χ1) is 9.66. The Hall–Kier alpha value is -2.63. The quantitative estimate of drug-likeness (QED) is 0.801. The number of rotatable bonds is 5. The largest absolute Gasteiger partial charge is 0.397 e.